The Morgan fingerprint density at radius 3 is 2.29 bits per heavy atom. The monoisotopic (exact) mass is 459 g/mol. The first-order valence-electron chi connectivity index (χ1n) is 9.46. The Bertz CT molecular complexity index is 1050. The summed E-state index contributed by atoms with van der Waals surface area (Å²) in [5, 5.41) is 2.61. The first-order valence-corrected chi connectivity index (χ1v) is 10.9. The molecule has 0 aromatic heterocycles. The van der Waals surface area contributed by atoms with Crippen molar-refractivity contribution in [2.24, 2.45) is 0 Å². The molecule has 0 saturated carbocycles. The molecule has 0 aliphatic carbocycles. The quantitative estimate of drug-likeness (QED) is 0.698. The second-order valence-corrected chi connectivity index (χ2v) is 9.08. The molecule has 6 nitrogen and oxygen atoms in total. The van der Waals surface area contributed by atoms with Crippen molar-refractivity contribution in [3.63, 3.8) is 0 Å². The van der Waals surface area contributed by atoms with Crippen molar-refractivity contribution in [3.05, 3.63) is 59.9 Å². The van der Waals surface area contributed by atoms with Gasteiger partial charge in [-0.1, -0.05) is 12.1 Å². The lowest BCUT2D eigenvalue weighted by molar-refractivity contribution is -0.137. The van der Waals surface area contributed by atoms with Crippen LogP contribution in [0.5, 0.6) is 0 Å². The van der Waals surface area contributed by atoms with Gasteiger partial charge in [0.05, 0.1) is 16.5 Å². The van der Waals surface area contributed by atoms with Crippen LogP contribution in [0.15, 0.2) is 53.4 Å². The highest BCUT2D eigenvalue weighted by Gasteiger charge is 2.35. The molecule has 1 saturated heterocycles. The van der Waals surface area contributed by atoms with Gasteiger partial charge in [-0.3, -0.25) is 9.69 Å². The van der Waals surface area contributed by atoms with E-state index in [1.807, 2.05) is 0 Å². The van der Waals surface area contributed by atoms with Crippen LogP contribution < -0.4 is 5.32 Å². The Kier molecular flexibility index (Phi) is 6.68. The van der Waals surface area contributed by atoms with Gasteiger partial charge in [0.25, 0.3) is 0 Å². The molecule has 1 aliphatic rings. The van der Waals surface area contributed by atoms with E-state index in [9.17, 15) is 30.8 Å². The number of hydrogen-bond donors (Lipinski definition) is 1. The molecule has 0 unspecified atom stereocenters. The van der Waals surface area contributed by atoms with Crippen LogP contribution in [0.25, 0.3) is 0 Å². The number of halogens is 4. The Hall–Kier alpha value is -2.50. The standard InChI is InChI=1S/C20H21F4N3O3S/c1-14(19(28)25-17-6-3-5-16(21)13-17)26-8-10-27(11-9-26)31(29,30)18-7-2-4-15(12-18)20(22,23)24/h2-7,12-14H,8-11H2,1H3,(H,25,28)/t14-/m1/s1. The van der Waals surface area contributed by atoms with Crippen LogP contribution in [0.1, 0.15) is 12.5 Å². The maximum absolute atomic E-state index is 13.3. The molecule has 1 amide bonds. The van der Waals surface area contributed by atoms with Gasteiger partial charge >= 0.3 is 6.18 Å². The molecule has 11 heteroatoms. The first kappa shape index (κ1) is 23.2. The lowest BCUT2D eigenvalue weighted by Crippen LogP contribution is -2.53. The minimum Gasteiger partial charge on any atom is -0.325 e. The number of rotatable bonds is 5. The van der Waals surface area contributed by atoms with Crippen molar-refractivity contribution in [2.45, 2.75) is 24.0 Å². The van der Waals surface area contributed by atoms with Crippen molar-refractivity contribution in [2.75, 3.05) is 31.5 Å². The summed E-state index contributed by atoms with van der Waals surface area (Å²) >= 11 is 0. The molecule has 0 bridgehead atoms. The van der Waals surface area contributed by atoms with Crippen LogP contribution in [0.3, 0.4) is 0 Å². The number of benzene rings is 2. The number of nitrogens with zero attached hydrogens (tertiary/aromatic N) is 2. The molecule has 1 atom stereocenters. The summed E-state index contributed by atoms with van der Waals surface area (Å²) in [6.45, 7) is 2.13. The van der Waals surface area contributed by atoms with Gasteiger partial charge in [0.1, 0.15) is 5.82 Å². The van der Waals surface area contributed by atoms with Crippen molar-refractivity contribution in [3.8, 4) is 0 Å². The van der Waals surface area contributed by atoms with Crippen molar-refractivity contribution < 1.29 is 30.8 Å². The highest BCUT2D eigenvalue weighted by Crippen LogP contribution is 2.31. The average Bonchev–Trinajstić information content (AvgIpc) is 2.73. The van der Waals surface area contributed by atoms with Gasteiger partial charge in [-0.2, -0.15) is 17.5 Å². The van der Waals surface area contributed by atoms with Crippen LogP contribution in [0.2, 0.25) is 0 Å². The fraction of sp³-hybridized carbons (Fsp3) is 0.350. The molecule has 1 fully saturated rings. The Morgan fingerprint density at radius 1 is 1.03 bits per heavy atom. The third kappa shape index (κ3) is 5.41. The van der Waals surface area contributed by atoms with E-state index in [1.165, 1.54) is 18.2 Å². The van der Waals surface area contributed by atoms with Crippen LogP contribution in [-0.2, 0) is 21.0 Å². The minimum atomic E-state index is -4.64. The highest BCUT2D eigenvalue weighted by atomic mass is 32.2. The number of piperazine rings is 1. The molecule has 1 heterocycles. The van der Waals surface area contributed by atoms with E-state index < -0.39 is 38.5 Å². The maximum atomic E-state index is 13.3. The number of amides is 1. The molecule has 3 rings (SSSR count). The van der Waals surface area contributed by atoms with E-state index in [-0.39, 0.29) is 32.1 Å². The zero-order valence-electron chi connectivity index (χ0n) is 16.6. The summed E-state index contributed by atoms with van der Waals surface area (Å²) in [5.41, 5.74) is -0.725. The highest BCUT2D eigenvalue weighted by molar-refractivity contribution is 7.89. The van der Waals surface area contributed by atoms with E-state index in [0.29, 0.717) is 11.8 Å². The van der Waals surface area contributed by atoms with Gasteiger partial charge in [-0.15, -0.1) is 0 Å². The average molecular weight is 459 g/mol. The third-order valence-corrected chi connectivity index (χ3v) is 6.99. The molecular weight excluding hydrogens is 438 g/mol. The summed E-state index contributed by atoms with van der Waals surface area (Å²) in [6.07, 6.45) is -4.64. The zero-order valence-corrected chi connectivity index (χ0v) is 17.4. The normalized spacial score (nSPS) is 17.3. The van der Waals surface area contributed by atoms with Crippen molar-refractivity contribution in [1.29, 1.82) is 0 Å². The lowest BCUT2D eigenvalue weighted by Gasteiger charge is -2.36. The molecule has 1 N–H and O–H groups in total. The molecule has 2 aromatic carbocycles. The summed E-state index contributed by atoms with van der Waals surface area (Å²) in [5.74, 6) is -0.862. The zero-order chi connectivity index (χ0) is 22.8. The smallest absolute Gasteiger partial charge is 0.325 e. The molecule has 31 heavy (non-hydrogen) atoms. The van der Waals surface area contributed by atoms with Crippen molar-refractivity contribution >= 4 is 21.6 Å². The minimum absolute atomic E-state index is 0.0240. The fourth-order valence-corrected chi connectivity index (χ4v) is 4.76. The summed E-state index contributed by atoms with van der Waals surface area (Å²) in [4.78, 5) is 13.8. The third-order valence-electron chi connectivity index (χ3n) is 5.09. The number of carbonyl (C=O) groups is 1. The molecule has 168 valence electrons. The second-order valence-electron chi connectivity index (χ2n) is 7.14. The van der Waals surface area contributed by atoms with E-state index in [4.69, 9.17) is 0 Å². The molecule has 0 radical (unpaired) electrons. The Balaban J connectivity index is 1.64. The Morgan fingerprint density at radius 2 is 1.68 bits per heavy atom. The number of carbonyl (C=O) groups excluding carboxylic acids is 1. The van der Waals surface area contributed by atoms with Gasteiger partial charge in [0.2, 0.25) is 15.9 Å². The van der Waals surface area contributed by atoms with Crippen LogP contribution in [-0.4, -0.2) is 55.8 Å². The van der Waals surface area contributed by atoms with Crippen LogP contribution >= 0.6 is 0 Å². The number of alkyl halides is 3. The SMILES string of the molecule is C[C@H](C(=O)Nc1cccc(F)c1)N1CCN(S(=O)(=O)c2cccc(C(F)(F)F)c2)CC1. The maximum Gasteiger partial charge on any atom is 0.416 e. The van der Waals surface area contributed by atoms with E-state index in [0.717, 1.165) is 22.5 Å². The Labute approximate surface area is 177 Å². The van der Waals surface area contributed by atoms with E-state index in [2.05, 4.69) is 5.32 Å². The van der Waals surface area contributed by atoms with Gasteiger partial charge in [-0.25, -0.2) is 12.8 Å². The second kappa shape index (κ2) is 8.93. The summed E-state index contributed by atoms with van der Waals surface area (Å²) < 4.78 is 78.7. The number of nitrogens with one attached hydrogen (secondary N) is 1. The molecule has 2 aromatic rings. The summed E-state index contributed by atoms with van der Waals surface area (Å²) in [7, 11) is -4.10. The number of anilines is 1. The van der Waals surface area contributed by atoms with Crippen LogP contribution in [0, 0.1) is 5.82 Å². The number of hydrogen-bond acceptors (Lipinski definition) is 4. The predicted octanol–water partition coefficient (Wildman–Crippen LogP) is 3.18. The largest absolute Gasteiger partial charge is 0.416 e. The lowest BCUT2D eigenvalue weighted by atomic mass is 10.2. The molecular formula is C20H21F4N3O3S. The topological polar surface area (TPSA) is 69.7 Å². The van der Waals surface area contributed by atoms with Gasteiger partial charge in [-0.05, 0) is 43.3 Å². The molecule has 1 aliphatic heterocycles. The van der Waals surface area contributed by atoms with Gasteiger partial charge in [0, 0.05) is 31.9 Å². The molecule has 0 spiro atoms. The van der Waals surface area contributed by atoms with Crippen LogP contribution in [0.4, 0.5) is 23.2 Å². The van der Waals surface area contributed by atoms with Gasteiger partial charge < -0.3 is 5.32 Å². The predicted molar refractivity (Wildman–Crippen MR) is 106 cm³/mol. The van der Waals surface area contributed by atoms with E-state index >= 15 is 0 Å². The van der Waals surface area contributed by atoms with Crippen molar-refractivity contribution in [1.82, 2.24) is 9.21 Å². The summed E-state index contributed by atoms with van der Waals surface area (Å²) in [6, 6.07) is 8.47. The van der Waals surface area contributed by atoms with Gasteiger partial charge in [0.15, 0.2) is 0 Å². The van der Waals surface area contributed by atoms with E-state index in [1.54, 1.807) is 17.9 Å². The first-order chi connectivity index (χ1) is 14.5. The number of sulfonamides is 1. The fourth-order valence-electron chi connectivity index (χ4n) is 3.29.